The Balaban J connectivity index is 2.00. The number of aromatic nitrogens is 1. The highest BCUT2D eigenvalue weighted by molar-refractivity contribution is 5.83. The average Bonchev–Trinajstić information content (AvgIpc) is 2.62. The van der Waals surface area contributed by atoms with Crippen LogP contribution in [0.25, 0.3) is 10.9 Å². The Morgan fingerprint density at radius 1 is 1.35 bits per heavy atom. The molecule has 1 saturated heterocycles. The standard InChI is InChI=1S/C14H17NO2/c1-15-7-11(6-14(8-16)9-17-10-14)12-4-2-3-5-13(12)15/h2-5,7,16H,6,8-10H2,1H3. The van der Waals surface area contributed by atoms with Crippen LogP contribution in [-0.2, 0) is 18.2 Å². The Kier molecular flexibility index (Phi) is 2.45. The van der Waals surface area contributed by atoms with E-state index in [9.17, 15) is 5.11 Å². The van der Waals surface area contributed by atoms with E-state index in [1.165, 1.54) is 16.5 Å². The molecule has 0 aliphatic carbocycles. The second-order valence-electron chi connectivity index (χ2n) is 5.11. The number of fused-ring (bicyclic) bond motifs is 1. The molecule has 0 unspecified atom stereocenters. The summed E-state index contributed by atoms with van der Waals surface area (Å²) in [7, 11) is 2.06. The maximum absolute atomic E-state index is 9.49. The molecular formula is C14H17NO2. The minimum atomic E-state index is -0.0515. The molecule has 1 N–H and O–H groups in total. The van der Waals surface area contributed by atoms with Crippen LogP contribution in [0.4, 0.5) is 0 Å². The van der Waals surface area contributed by atoms with Gasteiger partial charge in [-0.05, 0) is 18.1 Å². The van der Waals surface area contributed by atoms with E-state index >= 15 is 0 Å². The van der Waals surface area contributed by atoms with Gasteiger partial charge in [0.2, 0.25) is 0 Å². The molecule has 0 spiro atoms. The molecule has 0 saturated carbocycles. The molecule has 2 heterocycles. The van der Waals surface area contributed by atoms with Gasteiger partial charge in [0.1, 0.15) is 0 Å². The van der Waals surface area contributed by atoms with Gasteiger partial charge in [-0.2, -0.15) is 0 Å². The maximum atomic E-state index is 9.49. The predicted molar refractivity (Wildman–Crippen MR) is 67.0 cm³/mol. The van der Waals surface area contributed by atoms with Crippen LogP contribution in [0.1, 0.15) is 5.56 Å². The molecule has 0 radical (unpaired) electrons. The van der Waals surface area contributed by atoms with Crippen molar-refractivity contribution >= 4 is 10.9 Å². The molecule has 1 aromatic heterocycles. The summed E-state index contributed by atoms with van der Waals surface area (Å²) >= 11 is 0. The summed E-state index contributed by atoms with van der Waals surface area (Å²) < 4.78 is 7.40. The predicted octanol–water partition coefficient (Wildman–Crippen LogP) is 1.73. The third-order valence-corrected chi connectivity index (χ3v) is 3.70. The highest BCUT2D eigenvalue weighted by atomic mass is 16.5. The Bertz CT molecular complexity index is 535. The SMILES string of the molecule is Cn1cc(CC2(CO)COC2)c2ccccc21. The number of aryl methyl sites for hydroxylation is 1. The number of hydrogen-bond acceptors (Lipinski definition) is 2. The van der Waals surface area contributed by atoms with E-state index < -0.39 is 0 Å². The Morgan fingerprint density at radius 2 is 2.12 bits per heavy atom. The minimum absolute atomic E-state index is 0.0515. The summed E-state index contributed by atoms with van der Waals surface area (Å²) in [6, 6.07) is 8.39. The van der Waals surface area contributed by atoms with Gasteiger partial charge in [-0.3, -0.25) is 0 Å². The molecule has 0 atom stereocenters. The van der Waals surface area contributed by atoms with Gasteiger partial charge in [0.25, 0.3) is 0 Å². The van der Waals surface area contributed by atoms with Crippen molar-refractivity contribution in [2.75, 3.05) is 19.8 Å². The quantitative estimate of drug-likeness (QED) is 0.873. The van der Waals surface area contributed by atoms with Crippen LogP contribution >= 0.6 is 0 Å². The van der Waals surface area contributed by atoms with E-state index in [4.69, 9.17) is 4.74 Å². The van der Waals surface area contributed by atoms with Crippen LogP contribution in [0.5, 0.6) is 0 Å². The van der Waals surface area contributed by atoms with Crippen LogP contribution in [0.15, 0.2) is 30.5 Å². The van der Waals surface area contributed by atoms with E-state index in [1.807, 2.05) is 0 Å². The lowest BCUT2D eigenvalue weighted by atomic mass is 9.80. The molecule has 1 aliphatic heterocycles. The number of aliphatic hydroxyl groups excluding tert-OH is 1. The van der Waals surface area contributed by atoms with Gasteiger partial charge in [0, 0.05) is 29.6 Å². The zero-order valence-corrected chi connectivity index (χ0v) is 10.0. The summed E-state index contributed by atoms with van der Waals surface area (Å²) in [6.45, 7) is 1.55. The molecular weight excluding hydrogens is 214 g/mol. The summed E-state index contributed by atoms with van der Waals surface area (Å²) in [5.41, 5.74) is 2.50. The molecule has 0 bridgehead atoms. The fraction of sp³-hybridized carbons (Fsp3) is 0.429. The van der Waals surface area contributed by atoms with Crippen LogP contribution in [0.3, 0.4) is 0 Å². The second-order valence-corrected chi connectivity index (χ2v) is 5.11. The molecule has 1 fully saturated rings. The molecule has 1 aliphatic rings. The van der Waals surface area contributed by atoms with E-state index in [1.54, 1.807) is 0 Å². The van der Waals surface area contributed by atoms with Gasteiger partial charge < -0.3 is 14.4 Å². The number of hydrogen-bond donors (Lipinski definition) is 1. The van der Waals surface area contributed by atoms with Crippen molar-refractivity contribution in [3.63, 3.8) is 0 Å². The summed E-state index contributed by atoms with van der Waals surface area (Å²) in [6.07, 6.45) is 3.06. The lowest BCUT2D eigenvalue weighted by Crippen LogP contribution is -2.47. The van der Waals surface area contributed by atoms with Crippen LogP contribution in [0.2, 0.25) is 0 Å². The number of ether oxygens (including phenoxy) is 1. The number of rotatable bonds is 3. The van der Waals surface area contributed by atoms with E-state index in [0.717, 1.165) is 6.42 Å². The first kappa shape index (κ1) is 10.8. The Labute approximate surface area is 101 Å². The van der Waals surface area contributed by atoms with Crippen molar-refractivity contribution in [1.29, 1.82) is 0 Å². The highest BCUT2D eigenvalue weighted by Gasteiger charge is 2.38. The zero-order chi connectivity index (χ0) is 11.9. The molecule has 3 heteroatoms. The molecule has 90 valence electrons. The van der Waals surface area contributed by atoms with E-state index in [-0.39, 0.29) is 12.0 Å². The van der Waals surface area contributed by atoms with Gasteiger partial charge in [0.05, 0.1) is 19.8 Å². The lowest BCUT2D eigenvalue weighted by molar-refractivity contribution is -0.135. The molecule has 2 aromatic rings. The first-order valence-electron chi connectivity index (χ1n) is 5.96. The first-order chi connectivity index (χ1) is 8.24. The Hall–Kier alpha value is -1.32. The third kappa shape index (κ3) is 1.66. The second kappa shape index (κ2) is 3.86. The average molecular weight is 231 g/mol. The summed E-state index contributed by atoms with van der Waals surface area (Å²) in [5, 5.41) is 10.8. The van der Waals surface area contributed by atoms with Crippen LogP contribution in [-0.4, -0.2) is 29.5 Å². The number of aliphatic hydroxyl groups is 1. The lowest BCUT2D eigenvalue weighted by Gasteiger charge is -2.39. The monoisotopic (exact) mass is 231 g/mol. The summed E-state index contributed by atoms with van der Waals surface area (Å²) in [4.78, 5) is 0. The Morgan fingerprint density at radius 3 is 2.76 bits per heavy atom. The van der Waals surface area contributed by atoms with Gasteiger partial charge in [-0.1, -0.05) is 18.2 Å². The molecule has 0 amide bonds. The minimum Gasteiger partial charge on any atom is -0.396 e. The number of para-hydroxylation sites is 1. The largest absolute Gasteiger partial charge is 0.396 e. The van der Waals surface area contributed by atoms with Crippen molar-refractivity contribution in [3.05, 3.63) is 36.0 Å². The fourth-order valence-corrected chi connectivity index (χ4v) is 2.61. The van der Waals surface area contributed by atoms with E-state index in [0.29, 0.717) is 13.2 Å². The van der Waals surface area contributed by atoms with Gasteiger partial charge in [-0.25, -0.2) is 0 Å². The van der Waals surface area contributed by atoms with Gasteiger partial charge in [0.15, 0.2) is 0 Å². The van der Waals surface area contributed by atoms with Crippen LogP contribution < -0.4 is 0 Å². The topological polar surface area (TPSA) is 34.4 Å². The third-order valence-electron chi connectivity index (χ3n) is 3.70. The molecule has 3 nitrogen and oxygen atoms in total. The van der Waals surface area contributed by atoms with Crippen molar-refractivity contribution < 1.29 is 9.84 Å². The maximum Gasteiger partial charge on any atom is 0.0570 e. The van der Waals surface area contributed by atoms with Gasteiger partial charge in [-0.15, -0.1) is 0 Å². The van der Waals surface area contributed by atoms with Crippen molar-refractivity contribution in [2.45, 2.75) is 6.42 Å². The van der Waals surface area contributed by atoms with Crippen molar-refractivity contribution in [3.8, 4) is 0 Å². The smallest absolute Gasteiger partial charge is 0.0570 e. The van der Waals surface area contributed by atoms with Crippen molar-refractivity contribution in [2.24, 2.45) is 12.5 Å². The highest BCUT2D eigenvalue weighted by Crippen LogP contribution is 2.34. The van der Waals surface area contributed by atoms with Gasteiger partial charge >= 0.3 is 0 Å². The molecule has 3 rings (SSSR count). The van der Waals surface area contributed by atoms with Crippen molar-refractivity contribution in [1.82, 2.24) is 4.57 Å². The van der Waals surface area contributed by atoms with Crippen LogP contribution in [0, 0.1) is 5.41 Å². The number of benzene rings is 1. The summed E-state index contributed by atoms with van der Waals surface area (Å²) in [5.74, 6) is 0. The first-order valence-corrected chi connectivity index (χ1v) is 5.96. The molecule has 17 heavy (non-hydrogen) atoms. The van der Waals surface area contributed by atoms with E-state index in [2.05, 4.69) is 42.1 Å². The normalized spacial score (nSPS) is 18.2. The fourth-order valence-electron chi connectivity index (χ4n) is 2.61. The molecule has 1 aromatic carbocycles. The zero-order valence-electron chi connectivity index (χ0n) is 10.0. The number of nitrogens with zero attached hydrogens (tertiary/aromatic N) is 1.